The summed E-state index contributed by atoms with van der Waals surface area (Å²) in [6.45, 7) is 3.86. The molecule has 1 amide bonds. The van der Waals surface area contributed by atoms with Crippen LogP contribution in [0.15, 0.2) is 87.7 Å². The molecule has 8 nitrogen and oxygen atoms in total. The van der Waals surface area contributed by atoms with E-state index in [9.17, 15) is 18.0 Å². The van der Waals surface area contributed by atoms with Gasteiger partial charge >= 0.3 is 12.1 Å². The van der Waals surface area contributed by atoms with Gasteiger partial charge in [-0.15, -0.1) is 4.40 Å². The number of fused-ring (bicyclic) bond motifs is 3. The molecule has 2 aromatic carbocycles. The summed E-state index contributed by atoms with van der Waals surface area (Å²) in [5.41, 5.74) is 4.77. The van der Waals surface area contributed by atoms with Crippen LogP contribution in [0.3, 0.4) is 0 Å². The largest absolute Gasteiger partial charge is 0.449 e. The topological polar surface area (TPSA) is 111 Å². The lowest BCUT2D eigenvalue weighted by atomic mass is 9.96. The Balaban J connectivity index is 0.00000102. The number of nitrogens with one attached hydrogen (secondary N) is 1. The van der Waals surface area contributed by atoms with Crippen LogP contribution in [0.2, 0.25) is 0 Å². The number of hydrogen-bond donors (Lipinski definition) is 1. The summed E-state index contributed by atoms with van der Waals surface area (Å²) in [7, 11) is -3.90. The molecule has 0 aromatic heterocycles. The number of alkyl carbamates (subject to hydrolysis) is 1. The molecule has 0 bridgehead atoms. The van der Waals surface area contributed by atoms with Crippen LogP contribution in [0.1, 0.15) is 49.3 Å². The minimum Gasteiger partial charge on any atom is -0.449 e. The molecule has 1 aliphatic heterocycles. The number of sulfonamides is 1. The summed E-state index contributed by atoms with van der Waals surface area (Å²) in [6.07, 6.45) is 9.37. The number of hydrogen-bond acceptors (Lipinski definition) is 6. The van der Waals surface area contributed by atoms with Gasteiger partial charge in [0.15, 0.2) is 0 Å². The molecule has 0 radical (unpaired) electrons. The van der Waals surface area contributed by atoms with E-state index >= 15 is 0 Å². The third kappa shape index (κ3) is 5.72. The van der Waals surface area contributed by atoms with Gasteiger partial charge in [0.2, 0.25) is 5.90 Å². The van der Waals surface area contributed by atoms with Gasteiger partial charge in [0, 0.05) is 5.92 Å². The molecular weight excluding hydrogens is 492 g/mol. The van der Waals surface area contributed by atoms with Crippen molar-refractivity contribution in [2.24, 2.45) is 4.40 Å². The van der Waals surface area contributed by atoms with Crippen LogP contribution in [0.5, 0.6) is 0 Å². The first-order valence-electron chi connectivity index (χ1n) is 12.1. The maximum atomic E-state index is 12.3. The van der Waals surface area contributed by atoms with Crippen molar-refractivity contribution in [3.63, 3.8) is 0 Å². The molecule has 1 unspecified atom stereocenters. The maximum Gasteiger partial charge on any atom is 0.407 e. The van der Waals surface area contributed by atoms with Gasteiger partial charge in [-0.25, -0.2) is 9.59 Å². The number of benzene rings is 2. The quantitative estimate of drug-likeness (QED) is 0.575. The molecule has 1 atom stereocenters. The van der Waals surface area contributed by atoms with Crippen LogP contribution < -0.4 is 5.32 Å². The predicted molar refractivity (Wildman–Crippen MR) is 141 cm³/mol. The summed E-state index contributed by atoms with van der Waals surface area (Å²) in [5.74, 6) is -1.28. The van der Waals surface area contributed by atoms with Crippen molar-refractivity contribution in [2.45, 2.75) is 37.5 Å². The Morgan fingerprint density at radius 3 is 2.51 bits per heavy atom. The van der Waals surface area contributed by atoms with E-state index in [2.05, 4.69) is 35.7 Å². The Hall–Kier alpha value is -3.98. The Bertz CT molecular complexity index is 1440. The molecule has 5 rings (SSSR count). The highest BCUT2D eigenvalue weighted by Gasteiger charge is 2.32. The van der Waals surface area contributed by atoms with Crippen LogP contribution in [-0.4, -0.2) is 39.5 Å². The number of carbonyl (C=O) groups excluding carboxylic acids is 2. The lowest BCUT2D eigenvalue weighted by molar-refractivity contribution is -0.134. The number of allylic oxidation sites excluding steroid dienone is 5. The van der Waals surface area contributed by atoms with Crippen LogP contribution in [0.4, 0.5) is 4.79 Å². The second-order valence-corrected chi connectivity index (χ2v) is 10.1. The van der Waals surface area contributed by atoms with Gasteiger partial charge in [0.25, 0.3) is 10.0 Å². The van der Waals surface area contributed by atoms with Crippen LogP contribution >= 0.6 is 0 Å². The van der Waals surface area contributed by atoms with Crippen molar-refractivity contribution in [2.75, 3.05) is 13.2 Å². The first-order valence-corrected chi connectivity index (χ1v) is 13.5. The lowest BCUT2D eigenvalue weighted by Crippen LogP contribution is -2.33. The minimum atomic E-state index is -3.90. The third-order valence-electron chi connectivity index (χ3n) is 5.80. The SMILES string of the molecule is CCC.O=C(CNC(=O)OCC1C2=C(CC=CC=C2)c2ccccc21)OC1=NS(=O)(=O)c2ccccc21. The van der Waals surface area contributed by atoms with Crippen molar-refractivity contribution in [3.05, 3.63) is 95.1 Å². The Labute approximate surface area is 216 Å². The van der Waals surface area contributed by atoms with Gasteiger partial charge < -0.3 is 14.8 Å². The predicted octanol–water partition coefficient (Wildman–Crippen LogP) is 4.89. The maximum absolute atomic E-state index is 12.3. The number of nitrogens with zero attached hydrogens (tertiary/aromatic N) is 1. The van der Waals surface area contributed by atoms with Gasteiger partial charge in [-0.05, 0) is 40.8 Å². The number of rotatable bonds is 4. The molecule has 9 heteroatoms. The molecule has 3 aliphatic rings. The molecule has 2 aliphatic carbocycles. The normalized spacial score (nSPS) is 17.9. The molecule has 0 saturated heterocycles. The van der Waals surface area contributed by atoms with E-state index in [4.69, 9.17) is 9.47 Å². The molecule has 1 N–H and O–H groups in total. The molecule has 37 heavy (non-hydrogen) atoms. The van der Waals surface area contributed by atoms with E-state index in [1.165, 1.54) is 24.1 Å². The molecule has 192 valence electrons. The average molecular weight is 521 g/mol. The molecule has 2 aromatic rings. The van der Waals surface area contributed by atoms with E-state index in [1.54, 1.807) is 12.1 Å². The first kappa shape index (κ1) is 26.1. The van der Waals surface area contributed by atoms with Crippen LogP contribution in [-0.2, 0) is 24.3 Å². The Kier molecular flexibility index (Phi) is 8.03. The Morgan fingerprint density at radius 1 is 1.03 bits per heavy atom. The van der Waals surface area contributed by atoms with E-state index in [0.717, 1.165) is 23.1 Å². The van der Waals surface area contributed by atoms with E-state index in [-0.39, 0.29) is 28.9 Å². The molecule has 0 spiro atoms. The number of esters is 1. The van der Waals surface area contributed by atoms with Crippen molar-refractivity contribution < 1.29 is 27.5 Å². The average Bonchev–Trinajstić information content (AvgIpc) is 3.17. The fourth-order valence-electron chi connectivity index (χ4n) is 4.30. The summed E-state index contributed by atoms with van der Waals surface area (Å²) in [5, 5.41) is 2.35. The first-order chi connectivity index (χ1) is 17.9. The van der Waals surface area contributed by atoms with Gasteiger partial charge in [-0.3, -0.25) is 0 Å². The van der Waals surface area contributed by atoms with Gasteiger partial charge in [0.05, 0.1) is 5.56 Å². The summed E-state index contributed by atoms with van der Waals surface area (Å²) < 4.78 is 38.1. The fourth-order valence-corrected chi connectivity index (χ4v) is 5.44. The lowest BCUT2D eigenvalue weighted by Gasteiger charge is -2.15. The van der Waals surface area contributed by atoms with Crippen molar-refractivity contribution >= 4 is 33.6 Å². The summed E-state index contributed by atoms with van der Waals surface area (Å²) in [4.78, 5) is 24.4. The van der Waals surface area contributed by atoms with E-state index < -0.39 is 28.6 Å². The number of ether oxygens (including phenoxy) is 2. The smallest absolute Gasteiger partial charge is 0.407 e. The summed E-state index contributed by atoms with van der Waals surface area (Å²) >= 11 is 0. The zero-order chi connectivity index (χ0) is 26.4. The molecule has 0 saturated carbocycles. The molecule has 0 fully saturated rings. The number of amides is 1. The highest BCUT2D eigenvalue weighted by Crippen LogP contribution is 2.45. The zero-order valence-corrected chi connectivity index (χ0v) is 21.5. The van der Waals surface area contributed by atoms with Gasteiger partial charge in [0.1, 0.15) is 18.0 Å². The highest BCUT2D eigenvalue weighted by molar-refractivity contribution is 7.90. The second kappa shape index (κ2) is 11.4. The Morgan fingerprint density at radius 2 is 1.73 bits per heavy atom. The monoisotopic (exact) mass is 520 g/mol. The molecular formula is C28H28N2O6S. The fraction of sp³-hybridized carbons (Fsp3) is 0.250. The van der Waals surface area contributed by atoms with Crippen LogP contribution in [0.25, 0.3) is 5.57 Å². The second-order valence-electron chi connectivity index (χ2n) is 8.57. The van der Waals surface area contributed by atoms with Crippen LogP contribution in [0, 0.1) is 0 Å². The highest BCUT2D eigenvalue weighted by atomic mass is 32.2. The van der Waals surface area contributed by atoms with Gasteiger partial charge in [-0.2, -0.15) is 8.42 Å². The third-order valence-corrected chi connectivity index (χ3v) is 7.12. The zero-order valence-electron chi connectivity index (χ0n) is 20.6. The van der Waals surface area contributed by atoms with E-state index in [0.29, 0.717) is 0 Å². The molecule has 1 heterocycles. The summed E-state index contributed by atoms with van der Waals surface area (Å²) in [6, 6.07) is 14.1. The minimum absolute atomic E-state index is 0.0292. The number of carbonyl (C=O) groups is 2. The standard InChI is InChI=1S/C25H20N2O6S.C3H8/c28-23(33-24-20-12-6-7-13-22(20)34(30,31)27-24)14-26-25(29)32-15-21-18-9-3-1-2-8-16(18)17-10-4-5-11-19(17)21;1-3-2/h1-7,9-13,21H,8,14-15H2,(H,26,29);3H2,1-2H3. The van der Waals surface area contributed by atoms with Gasteiger partial charge in [-0.1, -0.05) is 81.0 Å². The van der Waals surface area contributed by atoms with Crippen molar-refractivity contribution in [3.8, 4) is 0 Å². The van der Waals surface area contributed by atoms with Crippen molar-refractivity contribution in [1.29, 1.82) is 0 Å². The van der Waals surface area contributed by atoms with Crippen molar-refractivity contribution in [1.82, 2.24) is 5.32 Å². The van der Waals surface area contributed by atoms with E-state index in [1.807, 2.05) is 36.4 Å².